The molecule has 1 aromatic carbocycles. The SMILES string of the molecule is CCOC(=O)N1c2ccc(OC)nc2[C@@H](Nc2ncc(CCCS(=O)(=O)OC)c(Cc3cc(C(F)(F)F)cc(C(F)(F)F)c3)n2)C[C@H]1CC. The first-order valence-electron chi connectivity index (χ1n) is 15.2. The summed E-state index contributed by atoms with van der Waals surface area (Å²) in [6.07, 6.45) is -8.93. The third-order valence-corrected chi connectivity index (χ3v) is 9.15. The lowest BCUT2D eigenvalue weighted by molar-refractivity contribution is -0.143. The lowest BCUT2D eigenvalue weighted by Gasteiger charge is -2.39. The molecule has 0 radical (unpaired) electrons. The van der Waals surface area contributed by atoms with Crippen LogP contribution in [0.25, 0.3) is 0 Å². The maximum absolute atomic E-state index is 13.6. The number of hydrogen-bond acceptors (Lipinski definition) is 10. The Morgan fingerprint density at radius 1 is 1.02 bits per heavy atom. The summed E-state index contributed by atoms with van der Waals surface area (Å²) in [7, 11) is -1.43. The van der Waals surface area contributed by atoms with Crippen LogP contribution in [0.3, 0.4) is 0 Å². The van der Waals surface area contributed by atoms with Crippen molar-refractivity contribution in [2.24, 2.45) is 0 Å². The fraction of sp³-hybridized carbons (Fsp3) is 0.484. The Morgan fingerprint density at radius 3 is 2.27 bits per heavy atom. The molecule has 18 heteroatoms. The van der Waals surface area contributed by atoms with Crippen molar-refractivity contribution in [3.8, 4) is 5.88 Å². The van der Waals surface area contributed by atoms with E-state index in [1.165, 1.54) is 18.2 Å². The number of aryl methyl sites for hydroxylation is 1. The van der Waals surface area contributed by atoms with Gasteiger partial charge in [-0.2, -0.15) is 34.8 Å². The van der Waals surface area contributed by atoms with Crippen molar-refractivity contribution in [2.45, 2.75) is 70.4 Å². The maximum atomic E-state index is 13.6. The van der Waals surface area contributed by atoms with Gasteiger partial charge in [-0.15, -0.1) is 0 Å². The van der Waals surface area contributed by atoms with Gasteiger partial charge in [0.1, 0.15) is 0 Å². The Morgan fingerprint density at radius 2 is 1.69 bits per heavy atom. The second-order valence-electron chi connectivity index (χ2n) is 11.1. The van der Waals surface area contributed by atoms with E-state index in [1.54, 1.807) is 19.1 Å². The van der Waals surface area contributed by atoms with Crippen LogP contribution in [0.5, 0.6) is 5.88 Å². The summed E-state index contributed by atoms with van der Waals surface area (Å²) in [4.78, 5) is 27.8. The van der Waals surface area contributed by atoms with Gasteiger partial charge in [0.2, 0.25) is 11.8 Å². The van der Waals surface area contributed by atoms with Crippen LogP contribution in [0.1, 0.15) is 72.8 Å². The van der Waals surface area contributed by atoms with Crippen molar-refractivity contribution in [3.63, 3.8) is 0 Å². The average Bonchev–Trinajstić information content (AvgIpc) is 3.04. The summed E-state index contributed by atoms with van der Waals surface area (Å²) in [5.74, 6) is -0.171. The average molecular weight is 720 g/mol. The van der Waals surface area contributed by atoms with Gasteiger partial charge in [0.25, 0.3) is 10.1 Å². The Balaban J connectivity index is 1.77. The van der Waals surface area contributed by atoms with Gasteiger partial charge in [0, 0.05) is 24.7 Å². The summed E-state index contributed by atoms with van der Waals surface area (Å²) in [5, 5.41) is 3.16. The van der Waals surface area contributed by atoms with Crippen molar-refractivity contribution in [1.29, 1.82) is 0 Å². The number of rotatable bonds is 12. The molecule has 0 spiro atoms. The third-order valence-electron chi connectivity index (χ3n) is 7.86. The number of benzene rings is 1. The number of carbonyl (C=O) groups is 1. The van der Waals surface area contributed by atoms with Gasteiger partial charge < -0.3 is 14.8 Å². The van der Waals surface area contributed by atoms with Gasteiger partial charge in [0.15, 0.2) is 0 Å². The monoisotopic (exact) mass is 719 g/mol. The van der Waals surface area contributed by atoms with Crippen LogP contribution in [-0.2, 0) is 44.2 Å². The fourth-order valence-corrected chi connectivity index (χ4v) is 6.16. The predicted octanol–water partition coefficient (Wildman–Crippen LogP) is 6.72. The van der Waals surface area contributed by atoms with Crippen molar-refractivity contribution >= 4 is 27.8 Å². The van der Waals surface area contributed by atoms with Crippen molar-refractivity contribution in [3.05, 3.63) is 70.2 Å². The smallest absolute Gasteiger partial charge is 0.416 e. The molecule has 1 aliphatic rings. The van der Waals surface area contributed by atoms with E-state index in [1.807, 2.05) is 6.92 Å². The zero-order valence-corrected chi connectivity index (χ0v) is 27.8. The Bertz CT molecular complexity index is 1720. The number of fused-ring (bicyclic) bond motifs is 1. The number of aromatic nitrogens is 3. The number of anilines is 2. The van der Waals surface area contributed by atoms with Crippen LogP contribution in [0.15, 0.2) is 36.5 Å². The number of nitrogens with zero attached hydrogens (tertiary/aromatic N) is 4. The second kappa shape index (κ2) is 15.1. The molecule has 1 N–H and O–H groups in total. The molecule has 0 unspecified atom stereocenters. The Labute approximate surface area is 279 Å². The standard InChI is InChI=1S/C31H35F6N5O6S/c1-5-22-16-24(27-25(9-10-26(41-27)46-3)42(22)29(43)48-6-2)40-28-38-17-19(8-7-11-49(44,45)47-4)23(39-28)14-18-12-20(30(32,33)34)15-21(13-18)31(35,36)37/h9-10,12-13,15,17,22,24H,5-8,11,14,16H2,1-4H3,(H,38,39,40)/t22-,24+/m1/s1. The molecule has 2 aromatic heterocycles. The lowest BCUT2D eigenvalue weighted by Crippen LogP contribution is -2.46. The normalized spacial score (nSPS) is 16.7. The largest absolute Gasteiger partial charge is 0.481 e. The molecule has 11 nitrogen and oxygen atoms in total. The van der Waals surface area contributed by atoms with E-state index in [9.17, 15) is 39.6 Å². The first kappa shape index (κ1) is 37.6. The maximum Gasteiger partial charge on any atom is 0.416 e. The summed E-state index contributed by atoms with van der Waals surface area (Å²) in [6.45, 7) is 3.70. The zero-order chi connectivity index (χ0) is 36.1. The molecular weight excluding hydrogens is 684 g/mol. The molecule has 49 heavy (non-hydrogen) atoms. The molecule has 3 aromatic rings. The van der Waals surface area contributed by atoms with E-state index in [-0.39, 0.29) is 54.6 Å². The van der Waals surface area contributed by atoms with Gasteiger partial charge in [-0.3, -0.25) is 9.08 Å². The first-order valence-corrected chi connectivity index (χ1v) is 16.8. The van der Waals surface area contributed by atoms with Gasteiger partial charge in [-0.05, 0) is 68.0 Å². The predicted molar refractivity (Wildman–Crippen MR) is 166 cm³/mol. The van der Waals surface area contributed by atoms with Crippen molar-refractivity contribution < 1.29 is 53.2 Å². The quantitative estimate of drug-likeness (QED) is 0.159. The van der Waals surface area contributed by atoms with E-state index in [0.717, 1.165) is 7.11 Å². The minimum atomic E-state index is -5.05. The van der Waals surface area contributed by atoms with Crippen LogP contribution < -0.4 is 15.0 Å². The van der Waals surface area contributed by atoms with Crippen LogP contribution in [-0.4, -0.2) is 62.1 Å². The van der Waals surface area contributed by atoms with E-state index >= 15 is 0 Å². The number of carbonyl (C=O) groups excluding carboxylic acids is 1. The number of hydrogen-bond donors (Lipinski definition) is 1. The molecule has 4 rings (SSSR count). The second-order valence-corrected chi connectivity index (χ2v) is 13.0. The minimum Gasteiger partial charge on any atom is -0.481 e. The highest BCUT2D eigenvalue weighted by atomic mass is 32.2. The lowest BCUT2D eigenvalue weighted by atomic mass is 9.93. The Hall–Kier alpha value is -4.19. The highest BCUT2D eigenvalue weighted by molar-refractivity contribution is 7.86. The summed E-state index contributed by atoms with van der Waals surface area (Å²) in [5.41, 5.74) is -2.05. The molecule has 1 amide bonds. The molecule has 268 valence electrons. The summed E-state index contributed by atoms with van der Waals surface area (Å²) >= 11 is 0. The number of ether oxygens (including phenoxy) is 2. The molecule has 0 saturated heterocycles. The number of methoxy groups -OCH3 is 1. The van der Waals surface area contributed by atoms with E-state index in [0.29, 0.717) is 41.9 Å². The topological polar surface area (TPSA) is 133 Å². The summed E-state index contributed by atoms with van der Waals surface area (Å²) < 4.78 is 121. The molecule has 3 heterocycles. The molecular formula is C31H35F6N5O6S. The fourth-order valence-electron chi connectivity index (χ4n) is 5.49. The number of alkyl halides is 6. The van der Waals surface area contributed by atoms with E-state index in [2.05, 4.69) is 24.5 Å². The highest BCUT2D eigenvalue weighted by Crippen LogP contribution is 2.41. The van der Waals surface area contributed by atoms with Gasteiger partial charge >= 0.3 is 18.4 Å². The van der Waals surface area contributed by atoms with Gasteiger partial charge in [-0.1, -0.05) is 6.92 Å². The number of halogens is 6. The molecule has 0 aliphatic carbocycles. The molecule has 0 fully saturated rings. The van der Waals surface area contributed by atoms with Gasteiger partial charge in [0.05, 0.1) is 60.8 Å². The molecule has 2 atom stereocenters. The summed E-state index contributed by atoms with van der Waals surface area (Å²) in [6, 6.07) is 3.54. The molecule has 0 saturated carbocycles. The van der Waals surface area contributed by atoms with Crippen LogP contribution in [0.4, 0.5) is 42.8 Å². The number of pyridine rings is 1. The third kappa shape index (κ3) is 9.29. The van der Waals surface area contributed by atoms with Crippen LogP contribution in [0, 0.1) is 0 Å². The number of amides is 1. The number of nitrogens with one attached hydrogen (secondary N) is 1. The van der Waals surface area contributed by atoms with Gasteiger partial charge in [-0.25, -0.2) is 19.7 Å². The van der Waals surface area contributed by atoms with Crippen LogP contribution in [0.2, 0.25) is 0 Å². The van der Waals surface area contributed by atoms with Crippen LogP contribution >= 0.6 is 0 Å². The van der Waals surface area contributed by atoms with E-state index in [4.69, 9.17) is 9.47 Å². The molecule has 0 bridgehead atoms. The van der Waals surface area contributed by atoms with Crippen molar-refractivity contribution in [2.75, 3.05) is 36.8 Å². The molecule has 1 aliphatic heterocycles. The van der Waals surface area contributed by atoms with Crippen molar-refractivity contribution in [1.82, 2.24) is 15.0 Å². The Kier molecular flexibility index (Phi) is 11.6. The highest BCUT2D eigenvalue weighted by Gasteiger charge is 2.39. The van der Waals surface area contributed by atoms with E-state index < -0.39 is 57.9 Å². The minimum absolute atomic E-state index is 0.0112. The first-order chi connectivity index (χ1) is 23.0. The zero-order valence-electron chi connectivity index (χ0n) is 27.0.